The summed E-state index contributed by atoms with van der Waals surface area (Å²) < 4.78 is 11.5. The zero-order valence-electron chi connectivity index (χ0n) is 12.0. The molecule has 110 valence electrons. The second-order valence-corrected chi connectivity index (χ2v) is 6.09. The number of amides is 1. The Labute approximate surface area is 123 Å². The summed E-state index contributed by atoms with van der Waals surface area (Å²) in [5, 5.41) is 0.974. The van der Waals surface area contributed by atoms with Gasteiger partial charge < -0.3 is 14.1 Å². The number of benzene rings is 1. The van der Waals surface area contributed by atoms with E-state index in [2.05, 4.69) is 0 Å². The summed E-state index contributed by atoms with van der Waals surface area (Å²) in [5.41, 5.74) is 0.765. The van der Waals surface area contributed by atoms with Gasteiger partial charge in [0.15, 0.2) is 5.76 Å². The van der Waals surface area contributed by atoms with Gasteiger partial charge >= 0.3 is 0 Å². The fraction of sp³-hybridized carbons (Fsp3) is 0.471. The van der Waals surface area contributed by atoms with Crippen molar-refractivity contribution in [2.45, 2.75) is 25.4 Å². The van der Waals surface area contributed by atoms with E-state index in [-0.39, 0.29) is 12.0 Å². The van der Waals surface area contributed by atoms with Crippen LogP contribution in [0, 0.1) is 5.92 Å². The largest absolute Gasteiger partial charge is 0.451 e. The minimum absolute atomic E-state index is 0.0243. The molecule has 1 aromatic carbocycles. The number of fused-ring (bicyclic) bond motifs is 1. The number of para-hydroxylation sites is 1. The average Bonchev–Trinajstić information content (AvgIpc) is 3.05. The second-order valence-electron chi connectivity index (χ2n) is 6.09. The standard InChI is InChI=1S/C17H19NO3/c19-17(16-9-13-3-1-2-4-15(13)21-16)18-8-7-14(10-18)20-11-12-5-6-12/h1-4,9,12,14H,5-8,10-11H2. The number of furan rings is 1. The summed E-state index contributed by atoms with van der Waals surface area (Å²) in [5.74, 6) is 1.17. The molecule has 0 bridgehead atoms. The smallest absolute Gasteiger partial charge is 0.289 e. The Kier molecular flexibility index (Phi) is 3.19. The van der Waals surface area contributed by atoms with Crippen LogP contribution in [0.15, 0.2) is 34.7 Å². The van der Waals surface area contributed by atoms with E-state index in [9.17, 15) is 4.79 Å². The van der Waals surface area contributed by atoms with Crippen molar-refractivity contribution in [1.82, 2.24) is 4.90 Å². The molecule has 1 aromatic heterocycles. The summed E-state index contributed by atoms with van der Waals surface area (Å²) in [6.45, 7) is 2.30. The lowest BCUT2D eigenvalue weighted by atomic mass is 10.2. The highest BCUT2D eigenvalue weighted by molar-refractivity contribution is 5.96. The molecule has 2 heterocycles. The summed E-state index contributed by atoms with van der Waals surface area (Å²) in [6.07, 6.45) is 3.72. The lowest BCUT2D eigenvalue weighted by Crippen LogP contribution is -2.30. The third-order valence-electron chi connectivity index (χ3n) is 4.33. The van der Waals surface area contributed by atoms with E-state index >= 15 is 0 Å². The van der Waals surface area contributed by atoms with Gasteiger partial charge in [0.2, 0.25) is 0 Å². The molecule has 1 amide bonds. The maximum Gasteiger partial charge on any atom is 0.289 e. The van der Waals surface area contributed by atoms with Crippen molar-refractivity contribution >= 4 is 16.9 Å². The first kappa shape index (κ1) is 12.9. The van der Waals surface area contributed by atoms with Crippen LogP contribution < -0.4 is 0 Å². The van der Waals surface area contributed by atoms with Gasteiger partial charge in [0.1, 0.15) is 5.58 Å². The normalized spacial score (nSPS) is 22.1. The summed E-state index contributed by atoms with van der Waals surface area (Å²) in [6, 6.07) is 9.54. The predicted octanol–water partition coefficient (Wildman–Crippen LogP) is 3.07. The molecule has 1 unspecified atom stereocenters. The molecular weight excluding hydrogens is 266 g/mol. The van der Waals surface area contributed by atoms with Crippen molar-refractivity contribution in [3.05, 3.63) is 36.1 Å². The van der Waals surface area contributed by atoms with Crippen molar-refractivity contribution < 1.29 is 13.9 Å². The Bertz CT molecular complexity index is 626. The first-order chi connectivity index (χ1) is 10.3. The zero-order chi connectivity index (χ0) is 14.2. The van der Waals surface area contributed by atoms with Gasteiger partial charge in [0.05, 0.1) is 6.10 Å². The Morgan fingerprint density at radius 2 is 2.14 bits per heavy atom. The number of nitrogens with zero attached hydrogens (tertiary/aromatic N) is 1. The van der Waals surface area contributed by atoms with Gasteiger partial charge in [-0.05, 0) is 37.3 Å². The van der Waals surface area contributed by atoms with Gasteiger partial charge in [0, 0.05) is 25.1 Å². The molecule has 21 heavy (non-hydrogen) atoms. The maximum atomic E-state index is 12.5. The van der Waals surface area contributed by atoms with E-state index in [1.807, 2.05) is 35.2 Å². The zero-order valence-corrected chi connectivity index (χ0v) is 12.0. The maximum absolute atomic E-state index is 12.5. The monoisotopic (exact) mass is 285 g/mol. The van der Waals surface area contributed by atoms with Crippen LogP contribution in [0.5, 0.6) is 0 Å². The van der Waals surface area contributed by atoms with Crippen molar-refractivity contribution in [1.29, 1.82) is 0 Å². The third kappa shape index (κ3) is 2.68. The van der Waals surface area contributed by atoms with Crippen molar-refractivity contribution in [3.63, 3.8) is 0 Å². The molecule has 0 N–H and O–H groups in total. The molecule has 2 fully saturated rings. The minimum Gasteiger partial charge on any atom is -0.451 e. The van der Waals surface area contributed by atoms with Crippen molar-refractivity contribution in [2.24, 2.45) is 5.92 Å². The second kappa shape index (κ2) is 5.19. The van der Waals surface area contributed by atoms with E-state index in [1.165, 1.54) is 12.8 Å². The highest BCUT2D eigenvalue weighted by Crippen LogP contribution is 2.30. The lowest BCUT2D eigenvalue weighted by Gasteiger charge is -2.15. The molecule has 4 heteroatoms. The van der Waals surface area contributed by atoms with E-state index in [0.717, 1.165) is 36.5 Å². The van der Waals surface area contributed by atoms with Crippen LogP contribution in [-0.4, -0.2) is 36.6 Å². The van der Waals surface area contributed by atoms with Crippen molar-refractivity contribution in [3.8, 4) is 0 Å². The van der Waals surface area contributed by atoms with Gasteiger partial charge in [-0.3, -0.25) is 4.79 Å². The highest BCUT2D eigenvalue weighted by atomic mass is 16.5. The van der Waals surface area contributed by atoms with Crippen LogP contribution in [0.4, 0.5) is 0 Å². The molecule has 4 nitrogen and oxygen atoms in total. The molecule has 1 saturated carbocycles. The van der Waals surface area contributed by atoms with Crippen LogP contribution >= 0.6 is 0 Å². The number of hydrogen-bond donors (Lipinski definition) is 0. The third-order valence-corrected chi connectivity index (χ3v) is 4.33. The highest BCUT2D eigenvalue weighted by Gasteiger charge is 2.31. The van der Waals surface area contributed by atoms with Crippen molar-refractivity contribution in [2.75, 3.05) is 19.7 Å². The molecule has 1 atom stereocenters. The number of carbonyl (C=O) groups is 1. The molecule has 0 spiro atoms. The Morgan fingerprint density at radius 3 is 2.95 bits per heavy atom. The lowest BCUT2D eigenvalue weighted by molar-refractivity contribution is 0.0473. The number of ether oxygens (including phenoxy) is 1. The number of carbonyl (C=O) groups excluding carboxylic acids is 1. The predicted molar refractivity (Wildman–Crippen MR) is 79.2 cm³/mol. The number of hydrogen-bond acceptors (Lipinski definition) is 3. The molecule has 2 aromatic rings. The van der Waals surface area contributed by atoms with Gasteiger partial charge in [0.25, 0.3) is 5.91 Å². The minimum atomic E-state index is -0.0243. The molecule has 1 saturated heterocycles. The SMILES string of the molecule is O=C(c1cc2ccccc2o1)N1CCC(OCC2CC2)C1. The molecule has 1 aliphatic heterocycles. The van der Waals surface area contributed by atoms with Gasteiger partial charge in [-0.15, -0.1) is 0 Å². The fourth-order valence-electron chi connectivity index (χ4n) is 2.85. The number of likely N-dealkylation sites (tertiary alicyclic amines) is 1. The van der Waals surface area contributed by atoms with Gasteiger partial charge in [-0.25, -0.2) is 0 Å². The quantitative estimate of drug-likeness (QED) is 0.867. The first-order valence-electron chi connectivity index (χ1n) is 7.69. The van der Waals surface area contributed by atoms with E-state index in [4.69, 9.17) is 9.15 Å². The molecule has 2 aliphatic rings. The summed E-state index contributed by atoms with van der Waals surface area (Å²) in [7, 11) is 0. The van der Waals surface area contributed by atoms with Crippen LogP contribution in [0.25, 0.3) is 11.0 Å². The van der Waals surface area contributed by atoms with E-state index in [1.54, 1.807) is 0 Å². The van der Waals surface area contributed by atoms with Gasteiger partial charge in [-0.2, -0.15) is 0 Å². The molecular formula is C17H19NO3. The summed E-state index contributed by atoms with van der Waals surface area (Å²) in [4.78, 5) is 14.3. The Hall–Kier alpha value is -1.81. The van der Waals surface area contributed by atoms with E-state index < -0.39 is 0 Å². The van der Waals surface area contributed by atoms with Crippen LogP contribution in [0.3, 0.4) is 0 Å². The summed E-state index contributed by atoms with van der Waals surface area (Å²) >= 11 is 0. The Balaban J connectivity index is 1.42. The van der Waals surface area contributed by atoms with Crippen LogP contribution in [-0.2, 0) is 4.74 Å². The molecule has 1 aliphatic carbocycles. The topological polar surface area (TPSA) is 42.7 Å². The van der Waals surface area contributed by atoms with E-state index in [0.29, 0.717) is 12.3 Å². The van der Waals surface area contributed by atoms with Gasteiger partial charge in [-0.1, -0.05) is 18.2 Å². The molecule has 0 radical (unpaired) electrons. The average molecular weight is 285 g/mol. The van der Waals surface area contributed by atoms with Crippen LogP contribution in [0.1, 0.15) is 29.8 Å². The molecule has 4 rings (SSSR count). The Morgan fingerprint density at radius 1 is 1.29 bits per heavy atom. The fourth-order valence-corrected chi connectivity index (χ4v) is 2.85. The first-order valence-corrected chi connectivity index (χ1v) is 7.69. The van der Waals surface area contributed by atoms with Crippen LogP contribution in [0.2, 0.25) is 0 Å². The number of rotatable bonds is 4.